The van der Waals surface area contributed by atoms with Gasteiger partial charge in [0, 0.05) is 5.57 Å². The quantitative estimate of drug-likeness (QED) is 0.252. The van der Waals surface area contributed by atoms with E-state index >= 15 is 0 Å². The summed E-state index contributed by atoms with van der Waals surface area (Å²) in [5, 5.41) is 0. The number of esters is 1. The third kappa shape index (κ3) is 8.54. The lowest BCUT2D eigenvalue weighted by atomic mass is 10.2. The maximum absolute atomic E-state index is 11.1. The van der Waals surface area contributed by atoms with Gasteiger partial charge in [-0.05, 0) is 40.0 Å². The number of carbonyl (C=O) groups excluding carboxylic acids is 1. The predicted octanol–water partition coefficient (Wildman–Crippen LogP) is -0.234. The molecule has 18 heavy (non-hydrogen) atoms. The topological polar surface area (TPSA) is 26.3 Å². The Morgan fingerprint density at radius 3 is 2.17 bits per heavy atom. The van der Waals surface area contributed by atoms with E-state index in [1.807, 2.05) is 0 Å². The number of halogens is 1. The van der Waals surface area contributed by atoms with Crippen LogP contribution in [0, 0.1) is 0 Å². The molecule has 0 aliphatic carbocycles. The summed E-state index contributed by atoms with van der Waals surface area (Å²) in [6.45, 7) is 13.8. The molecular formula is C14H28ClNO2. The Morgan fingerprint density at radius 1 is 1.17 bits per heavy atom. The van der Waals surface area contributed by atoms with Crippen LogP contribution in [0.25, 0.3) is 0 Å². The molecule has 0 saturated carbocycles. The van der Waals surface area contributed by atoms with Gasteiger partial charge in [-0.3, -0.25) is 0 Å². The van der Waals surface area contributed by atoms with Crippen molar-refractivity contribution in [2.45, 2.75) is 40.0 Å². The first kappa shape index (κ1) is 19.8. The number of quaternary nitrogens is 1. The van der Waals surface area contributed by atoms with Crippen molar-refractivity contribution in [2.24, 2.45) is 0 Å². The van der Waals surface area contributed by atoms with E-state index in [-0.39, 0.29) is 18.4 Å². The second-order valence-electron chi connectivity index (χ2n) is 4.95. The van der Waals surface area contributed by atoms with Crippen LogP contribution in [-0.4, -0.2) is 43.7 Å². The Hall–Kier alpha value is -0.540. The summed E-state index contributed by atoms with van der Waals surface area (Å²) in [7, 11) is 2.29. The molecule has 0 saturated heterocycles. The molecule has 0 aliphatic rings. The second kappa shape index (κ2) is 10.4. The fourth-order valence-corrected chi connectivity index (χ4v) is 1.60. The van der Waals surface area contributed by atoms with Crippen LogP contribution in [0.15, 0.2) is 12.2 Å². The highest BCUT2D eigenvalue weighted by Crippen LogP contribution is 2.06. The highest BCUT2D eigenvalue weighted by Gasteiger charge is 2.14. The van der Waals surface area contributed by atoms with Crippen molar-refractivity contribution >= 4 is 5.97 Å². The third-order valence-corrected chi connectivity index (χ3v) is 3.45. The van der Waals surface area contributed by atoms with Gasteiger partial charge in [0.05, 0.1) is 33.3 Å². The molecule has 0 N–H and O–H groups in total. The predicted molar refractivity (Wildman–Crippen MR) is 71.8 cm³/mol. The van der Waals surface area contributed by atoms with E-state index in [4.69, 9.17) is 4.74 Å². The first-order chi connectivity index (χ1) is 7.95. The minimum absolute atomic E-state index is 0. The molecule has 0 aromatic rings. The van der Waals surface area contributed by atoms with E-state index in [9.17, 15) is 4.79 Å². The van der Waals surface area contributed by atoms with Crippen LogP contribution in [-0.2, 0) is 9.53 Å². The summed E-state index contributed by atoms with van der Waals surface area (Å²) in [6.07, 6.45) is 3.27. The van der Waals surface area contributed by atoms with Gasteiger partial charge in [-0.25, -0.2) is 4.79 Å². The molecule has 0 fully saturated rings. The van der Waals surface area contributed by atoms with E-state index in [2.05, 4.69) is 27.5 Å². The zero-order valence-corrected chi connectivity index (χ0v) is 13.1. The Kier molecular flexibility index (Phi) is 11.4. The molecule has 0 amide bonds. The molecule has 0 aliphatic heterocycles. The molecule has 0 aromatic carbocycles. The first-order valence-electron chi connectivity index (χ1n) is 6.61. The highest BCUT2D eigenvalue weighted by atomic mass is 35.5. The van der Waals surface area contributed by atoms with Crippen molar-refractivity contribution in [2.75, 3.05) is 33.3 Å². The van der Waals surface area contributed by atoms with Crippen LogP contribution in [0.4, 0.5) is 0 Å². The molecule has 0 radical (unpaired) electrons. The fraction of sp³-hybridized carbons (Fsp3) is 0.786. The molecular weight excluding hydrogens is 250 g/mol. The van der Waals surface area contributed by atoms with Crippen molar-refractivity contribution < 1.29 is 26.4 Å². The van der Waals surface area contributed by atoms with Crippen LogP contribution >= 0.6 is 0 Å². The van der Waals surface area contributed by atoms with Crippen molar-refractivity contribution in [3.8, 4) is 0 Å². The first-order valence-corrected chi connectivity index (χ1v) is 6.61. The van der Waals surface area contributed by atoms with E-state index in [0.717, 1.165) is 17.3 Å². The van der Waals surface area contributed by atoms with Gasteiger partial charge in [-0.2, -0.15) is 0 Å². The van der Waals surface area contributed by atoms with E-state index in [1.54, 1.807) is 6.92 Å². The van der Waals surface area contributed by atoms with E-state index < -0.39 is 0 Å². The van der Waals surface area contributed by atoms with Crippen molar-refractivity contribution in [3.05, 3.63) is 12.2 Å². The minimum Gasteiger partial charge on any atom is -1.00 e. The lowest BCUT2D eigenvalue weighted by molar-refractivity contribution is -0.906. The SMILES string of the molecule is C=C(C)C(=O)OCCCCC[N+](C)(CC)CC.[Cl-]. The average molecular weight is 278 g/mol. The molecule has 4 heteroatoms. The molecule has 0 aromatic heterocycles. The molecule has 108 valence electrons. The fourth-order valence-electron chi connectivity index (χ4n) is 1.60. The van der Waals surface area contributed by atoms with E-state index in [0.29, 0.717) is 12.2 Å². The van der Waals surface area contributed by atoms with Crippen molar-refractivity contribution in [1.82, 2.24) is 0 Å². The van der Waals surface area contributed by atoms with Gasteiger partial charge < -0.3 is 21.6 Å². The molecule has 0 spiro atoms. The largest absolute Gasteiger partial charge is 1.00 e. The summed E-state index contributed by atoms with van der Waals surface area (Å²) in [5.41, 5.74) is 0.478. The molecule has 0 unspecified atom stereocenters. The zero-order valence-electron chi connectivity index (χ0n) is 12.3. The van der Waals surface area contributed by atoms with Gasteiger partial charge in [0.1, 0.15) is 0 Å². The summed E-state index contributed by atoms with van der Waals surface area (Å²) in [4.78, 5) is 11.1. The Balaban J connectivity index is 0. The normalized spacial score (nSPS) is 10.7. The highest BCUT2D eigenvalue weighted by molar-refractivity contribution is 5.86. The maximum atomic E-state index is 11.1. The van der Waals surface area contributed by atoms with E-state index in [1.165, 1.54) is 26.1 Å². The lowest BCUT2D eigenvalue weighted by Gasteiger charge is -2.32. The number of ether oxygens (including phenoxy) is 1. The summed E-state index contributed by atoms with van der Waals surface area (Å²) in [5.74, 6) is -0.271. The Morgan fingerprint density at radius 2 is 1.72 bits per heavy atom. The number of hydrogen-bond acceptors (Lipinski definition) is 2. The van der Waals surface area contributed by atoms with Crippen molar-refractivity contribution in [1.29, 1.82) is 0 Å². The second-order valence-corrected chi connectivity index (χ2v) is 4.95. The molecule has 0 heterocycles. The lowest BCUT2D eigenvalue weighted by Crippen LogP contribution is -3.00. The smallest absolute Gasteiger partial charge is 0.333 e. The van der Waals surface area contributed by atoms with Crippen LogP contribution in [0.1, 0.15) is 40.0 Å². The summed E-state index contributed by atoms with van der Waals surface area (Å²) in [6, 6.07) is 0. The molecule has 0 atom stereocenters. The maximum Gasteiger partial charge on any atom is 0.333 e. The Bertz CT molecular complexity index is 250. The standard InChI is InChI=1S/C14H28NO2.ClH/c1-6-15(5,7-2)11-9-8-10-12-17-14(16)13(3)4;/h3,6-12H2,1-2,4-5H3;1H/q+1;/p-1. The number of rotatable bonds is 9. The van der Waals surface area contributed by atoms with Crippen LogP contribution in [0.3, 0.4) is 0 Å². The number of nitrogens with zero attached hydrogens (tertiary/aromatic N) is 1. The molecule has 0 bridgehead atoms. The molecule has 0 rings (SSSR count). The molecule has 3 nitrogen and oxygen atoms in total. The Labute approximate surface area is 118 Å². The van der Waals surface area contributed by atoms with Gasteiger partial charge in [-0.1, -0.05) is 6.58 Å². The van der Waals surface area contributed by atoms with Gasteiger partial charge in [0.2, 0.25) is 0 Å². The van der Waals surface area contributed by atoms with Crippen LogP contribution in [0.2, 0.25) is 0 Å². The summed E-state index contributed by atoms with van der Waals surface area (Å²) < 4.78 is 6.18. The van der Waals surface area contributed by atoms with Crippen LogP contribution < -0.4 is 12.4 Å². The third-order valence-electron chi connectivity index (χ3n) is 3.45. The van der Waals surface area contributed by atoms with Gasteiger partial charge in [0.15, 0.2) is 0 Å². The number of carbonyl (C=O) groups is 1. The monoisotopic (exact) mass is 277 g/mol. The van der Waals surface area contributed by atoms with Crippen LogP contribution in [0.5, 0.6) is 0 Å². The van der Waals surface area contributed by atoms with Gasteiger partial charge in [-0.15, -0.1) is 0 Å². The average Bonchev–Trinajstić information content (AvgIpc) is 2.32. The number of unbranched alkanes of at least 4 members (excludes halogenated alkanes) is 2. The van der Waals surface area contributed by atoms with Gasteiger partial charge >= 0.3 is 5.97 Å². The van der Waals surface area contributed by atoms with Gasteiger partial charge in [0.25, 0.3) is 0 Å². The van der Waals surface area contributed by atoms with Crippen molar-refractivity contribution in [3.63, 3.8) is 0 Å². The minimum atomic E-state index is -0.271. The zero-order chi connectivity index (χ0) is 13.3. The number of hydrogen-bond donors (Lipinski definition) is 0. The summed E-state index contributed by atoms with van der Waals surface area (Å²) >= 11 is 0.